The number of carbonyl (C=O) groups excluding carboxylic acids is 2. The molecule has 6 heteroatoms. The van der Waals surface area contributed by atoms with Gasteiger partial charge in [-0.2, -0.15) is 0 Å². The first-order valence-corrected chi connectivity index (χ1v) is 6.99. The van der Waals surface area contributed by atoms with Crippen molar-refractivity contribution < 1.29 is 23.5 Å². The number of fused-ring (bicyclic) bond motifs is 1. The number of rotatable bonds is 3. The highest BCUT2D eigenvalue weighted by atomic mass is 16.6. The lowest BCUT2D eigenvalue weighted by molar-refractivity contribution is 0.0492. The third-order valence-electron chi connectivity index (χ3n) is 2.64. The summed E-state index contributed by atoms with van der Waals surface area (Å²) in [5, 5.41) is 3.36. The molecule has 0 radical (unpaired) electrons. The van der Waals surface area contributed by atoms with Crippen molar-refractivity contribution in [2.75, 3.05) is 11.9 Å². The van der Waals surface area contributed by atoms with Gasteiger partial charge in [0.2, 0.25) is 5.76 Å². The van der Waals surface area contributed by atoms with Crippen molar-refractivity contribution in [3.63, 3.8) is 0 Å². The predicted octanol–water partition coefficient (Wildman–Crippen LogP) is 3.96. The van der Waals surface area contributed by atoms with Gasteiger partial charge in [-0.1, -0.05) is 0 Å². The molecule has 0 saturated heterocycles. The van der Waals surface area contributed by atoms with Crippen molar-refractivity contribution >= 4 is 28.7 Å². The minimum absolute atomic E-state index is 0.131. The molecular weight excluding hydrogens is 286 g/mol. The van der Waals surface area contributed by atoms with E-state index in [0.717, 1.165) is 5.39 Å². The van der Waals surface area contributed by atoms with E-state index in [-0.39, 0.29) is 12.4 Å². The predicted molar refractivity (Wildman–Crippen MR) is 82.0 cm³/mol. The minimum Gasteiger partial charge on any atom is -0.460 e. The molecule has 2 aromatic rings. The first-order valence-electron chi connectivity index (χ1n) is 6.99. The molecule has 1 N–H and O–H groups in total. The Bertz CT molecular complexity index is 696. The van der Waals surface area contributed by atoms with E-state index in [2.05, 4.69) is 5.32 Å². The lowest BCUT2D eigenvalue weighted by Gasteiger charge is -2.19. The van der Waals surface area contributed by atoms with E-state index in [4.69, 9.17) is 13.9 Å². The van der Waals surface area contributed by atoms with Crippen molar-refractivity contribution in [1.82, 2.24) is 0 Å². The van der Waals surface area contributed by atoms with Gasteiger partial charge in [-0.05, 0) is 45.9 Å². The average Bonchev–Trinajstić information content (AvgIpc) is 2.79. The lowest BCUT2D eigenvalue weighted by Crippen LogP contribution is -2.27. The standard InChI is InChI=1S/C16H19NO5/c1-5-20-14(18)13-8-10-6-7-11(9-12(10)21-13)17-15(19)22-16(2,3)4/h6-9H,5H2,1-4H3,(H,17,19). The second kappa shape index (κ2) is 6.09. The van der Waals surface area contributed by atoms with E-state index >= 15 is 0 Å². The Balaban J connectivity index is 2.16. The number of hydrogen-bond donors (Lipinski definition) is 1. The molecule has 6 nitrogen and oxygen atoms in total. The molecule has 0 aliphatic heterocycles. The largest absolute Gasteiger partial charge is 0.460 e. The van der Waals surface area contributed by atoms with E-state index in [1.54, 1.807) is 52.0 Å². The molecule has 1 aromatic carbocycles. The molecule has 1 amide bonds. The molecule has 2 rings (SSSR count). The molecule has 0 aliphatic rings. The summed E-state index contributed by atoms with van der Waals surface area (Å²) in [4.78, 5) is 23.4. The van der Waals surface area contributed by atoms with Gasteiger partial charge in [0.05, 0.1) is 6.61 Å². The first-order chi connectivity index (χ1) is 10.3. The van der Waals surface area contributed by atoms with E-state index < -0.39 is 17.7 Å². The number of anilines is 1. The maximum absolute atomic E-state index is 11.7. The molecule has 0 atom stereocenters. The zero-order valence-corrected chi connectivity index (χ0v) is 13.1. The van der Waals surface area contributed by atoms with Gasteiger partial charge in [0, 0.05) is 17.1 Å². The highest BCUT2D eigenvalue weighted by Crippen LogP contribution is 2.24. The SMILES string of the molecule is CCOC(=O)c1cc2ccc(NC(=O)OC(C)(C)C)cc2o1. The molecule has 0 saturated carbocycles. The third-order valence-corrected chi connectivity index (χ3v) is 2.64. The van der Waals surface area contributed by atoms with Gasteiger partial charge >= 0.3 is 12.1 Å². The molecule has 1 aromatic heterocycles. The summed E-state index contributed by atoms with van der Waals surface area (Å²) in [5.41, 5.74) is 0.429. The summed E-state index contributed by atoms with van der Waals surface area (Å²) in [5.74, 6) is -0.383. The zero-order valence-electron chi connectivity index (χ0n) is 13.1. The van der Waals surface area contributed by atoms with Crippen LogP contribution < -0.4 is 5.32 Å². The van der Waals surface area contributed by atoms with Gasteiger partial charge in [0.25, 0.3) is 0 Å². The van der Waals surface area contributed by atoms with E-state index in [1.165, 1.54) is 0 Å². The first kappa shape index (κ1) is 15.9. The maximum atomic E-state index is 11.7. The Kier molecular flexibility index (Phi) is 4.40. The maximum Gasteiger partial charge on any atom is 0.412 e. The van der Waals surface area contributed by atoms with E-state index in [1.807, 2.05) is 0 Å². The number of amides is 1. The van der Waals surface area contributed by atoms with Crippen LogP contribution in [0.5, 0.6) is 0 Å². The van der Waals surface area contributed by atoms with Crippen LogP contribution in [0.1, 0.15) is 38.2 Å². The summed E-state index contributed by atoms with van der Waals surface area (Å²) in [6.07, 6.45) is -0.552. The van der Waals surface area contributed by atoms with Gasteiger partial charge in [-0.15, -0.1) is 0 Å². The highest BCUT2D eigenvalue weighted by molar-refractivity contribution is 5.94. The van der Waals surface area contributed by atoms with E-state index in [0.29, 0.717) is 11.3 Å². The van der Waals surface area contributed by atoms with Crippen molar-refractivity contribution in [2.24, 2.45) is 0 Å². The van der Waals surface area contributed by atoms with Crippen LogP contribution in [0, 0.1) is 0 Å². The molecule has 0 bridgehead atoms. The number of furan rings is 1. The smallest absolute Gasteiger partial charge is 0.412 e. The van der Waals surface area contributed by atoms with Crippen LogP contribution in [-0.4, -0.2) is 24.3 Å². The topological polar surface area (TPSA) is 77.8 Å². The van der Waals surface area contributed by atoms with Crippen LogP contribution in [0.25, 0.3) is 11.0 Å². The Morgan fingerprint density at radius 3 is 2.59 bits per heavy atom. The fourth-order valence-electron chi connectivity index (χ4n) is 1.83. The average molecular weight is 305 g/mol. The number of benzene rings is 1. The monoisotopic (exact) mass is 305 g/mol. The van der Waals surface area contributed by atoms with Crippen molar-refractivity contribution in [3.05, 3.63) is 30.0 Å². The van der Waals surface area contributed by atoms with Crippen molar-refractivity contribution in [2.45, 2.75) is 33.3 Å². The van der Waals surface area contributed by atoms with Crippen LogP contribution >= 0.6 is 0 Å². The van der Waals surface area contributed by atoms with Crippen LogP contribution in [0.2, 0.25) is 0 Å². The van der Waals surface area contributed by atoms with Crippen LogP contribution in [0.4, 0.5) is 10.5 Å². The zero-order chi connectivity index (χ0) is 16.3. The minimum atomic E-state index is -0.573. The molecule has 118 valence electrons. The Labute approximate surface area is 128 Å². The normalized spacial score (nSPS) is 11.3. The second-order valence-corrected chi connectivity index (χ2v) is 5.71. The molecule has 0 aliphatic carbocycles. The Hall–Kier alpha value is -2.50. The van der Waals surface area contributed by atoms with Crippen molar-refractivity contribution in [3.8, 4) is 0 Å². The Morgan fingerprint density at radius 2 is 1.95 bits per heavy atom. The van der Waals surface area contributed by atoms with Crippen molar-refractivity contribution in [1.29, 1.82) is 0 Å². The number of ether oxygens (including phenoxy) is 2. The number of esters is 1. The second-order valence-electron chi connectivity index (χ2n) is 5.71. The van der Waals surface area contributed by atoms with Crippen LogP contribution in [0.3, 0.4) is 0 Å². The molecule has 1 heterocycles. The molecule has 0 unspecified atom stereocenters. The van der Waals surface area contributed by atoms with E-state index in [9.17, 15) is 9.59 Å². The summed E-state index contributed by atoms with van der Waals surface area (Å²) in [6, 6.07) is 6.68. The van der Waals surface area contributed by atoms with Gasteiger partial charge in [0.1, 0.15) is 11.2 Å². The Morgan fingerprint density at radius 1 is 1.23 bits per heavy atom. The van der Waals surface area contributed by atoms with Crippen LogP contribution in [0.15, 0.2) is 28.7 Å². The lowest BCUT2D eigenvalue weighted by atomic mass is 10.2. The van der Waals surface area contributed by atoms with Gasteiger partial charge in [0.15, 0.2) is 0 Å². The number of nitrogens with one attached hydrogen (secondary N) is 1. The number of carbonyl (C=O) groups is 2. The summed E-state index contributed by atoms with van der Waals surface area (Å²) < 4.78 is 15.5. The fourth-order valence-corrected chi connectivity index (χ4v) is 1.83. The summed E-state index contributed by atoms with van der Waals surface area (Å²) in [7, 11) is 0. The molecular formula is C16H19NO5. The molecule has 22 heavy (non-hydrogen) atoms. The number of hydrogen-bond acceptors (Lipinski definition) is 5. The van der Waals surface area contributed by atoms with Gasteiger partial charge in [-0.25, -0.2) is 9.59 Å². The quantitative estimate of drug-likeness (QED) is 0.868. The summed E-state index contributed by atoms with van der Waals surface area (Å²) in [6.45, 7) is 7.36. The fraction of sp³-hybridized carbons (Fsp3) is 0.375. The van der Waals surface area contributed by atoms with Crippen LogP contribution in [-0.2, 0) is 9.47 Å². The highest BCUT2D eigenvalue weighted by Gasteiger charge is 2.17. The third kappa shape index (κ3) is 4.00. The summed E-state index contributed by atoms with van der Waals surface area (Å²) >= 11 is 0. The van der Waals surface area contributed by atoms with Gasteiger partial charge < -0.3 is 13.9 Å². The molecule has 0 fully saturated rings. The van der Waals surface area contributed by atoms with Gasteiger partial charge in [-0.3, -0.25) is 5.32 Å². The molecule has 0 spiro atoms.